The van der Waals surface area contributed by atoms with Gasteiger partial charge in [-0.1, -0.05) is 26.0 Å². The molecule has 0 aliphatic heterocycles. The Balaban J connectivity index is 2.53. The van der Waals surface area contributed by atoms with Crippen LogP contribution in [0.5, 0.6) is 5.75 Å². The summed E-state index contributed by atoms with van der Waals surface area (Å²) < 4.78 is 10.7. The molecule has 0 aliphatic carbocycles. The van der Waals surface area contributed by atoms with Crippen molar-refractivity contribution in [2.75, 3.05) is 26.9 Å². The second-order valence-corrected chi connectivity index (χ2v) is 4.28. The molecule has 0 radical (unpaired) electrons. The topological polar surface area (TPSA) is 30.5 Å². The van der Waals surface area contributed by atoms with Gasteiger partial charge in [0.1, 0.15) is 5.75 Å². The maximum Gasteiger partial charge on any atom is 0.118 e. The highest BCUT2D eigenvalue weighted by molar-refractivity contribution is 5.29. The number of hydrogen-bond donors (Lipinski definition) is 1. The summed E-state index contributed by atoms with van der Waals surface area (Å²) in [6.45, 7) is 6.87. The van der Waals surface area contributed by atoms with Crippen LogP contribution in [0.15, 0.2) is 24.3 Å². The standard InChI is InChI=1S/C15H25NO2/c1-4-11-18-12-10-15(16-5-2)13-6-8-14(17-3)9-7-13/h6-9,15-16H,4-5,10-12H2,1-3H3. The lowest BCUT2D eigenvalue weighted by atomic mass is 10.0. The minimum atomic E-state index is 0.359. The smallest absolute Gasteiger partial charge is 0.118 e. The van der Waals surface area contributed by atoms with Crippen molar-refractivity contribution in [3.8, 4) is 5.75 Å². The summed E-state index contributed by atoms with van der Waals surface area (Å²) in [5.41, 5.74) is 1.29. The molecule has 18 heavy (non-hydrogen) atoms. The van der Waals surface area contributed by atoms with E-state index in [-0.39, 0.29) is 0 Å². The molecular formula is C15H25NO2. The lowest BCUT2D eigenvalue weighted by Gasteiger charge is -2.18. The van der Waals surface area contributed by atoms with Gasteiger partial charge in [0.05, 0.1) is 7.11 Å². The zero-order chi connectivity index (χ0) is 13.2. The fraction of sp³-hybridized carbons (Fsp3) is 0.600. The van der Waals surface area contributed by atoms with Gasteiger partial charge in [0.25, 0.3) is 0 Å². The van der Waals surface area contributed by atoms with Crippen molar-refractivity contribution in [1.29, 1.82) is 0 Å². The van der Waals surface area contributed by atoms with Crippen LogP contribution in [-0.2, 0) is 4.74 Å². The Morgan fingerprint density at radius 2 is 1.83 bits per heavy atom. The Bertz CT molecular complexity index is 311. The fourth-order valence-electron chi connectivity index (χ4n) is 1.92. The molecule has 1 aromatic rings. The number of benzene rings is 1. The van der Waals surface area contributed by atoms with Crippen molar-refractivity contribution in [3.05, 3.63) is 29.8 Å². The first-order valence-electron chi connectivity index (χ1n) is 6.76. The number of ether oxygens (including phenoxy) is 2. The van der Waals surface area contributed by atoms with Crippen LogP contribution in [0.4, 0.5) is 0 Å². The zero-order valence-electron chi connectivity index (χ0n) is 11.7. The molecule has 0 heterocycles. The van der Waals surface area contributed by atoms with Gasteiger partial charge >= 0.3 is 0 Å². The molecule has 0 saturated heterocycles. The molecule has 0 aliphatic rings. The number of nitrogens with one attached hydrogen (secondary N) is 1. The Morgan fingerprint density at radius 1 is 1.11 bits per heavy atom. The average Bonchev–Trinajstić information content (AvgIpc) is 2.42. The van der Waals surface area contributed by atoms with Gasteiger partial charge in [-0.2, -0.15) is 0 Å². The highest BCUT2D eigenvalue weighted by Crippen LogP contribution is 2.20. The number of hydrogen-bond acceptors (Lipinski definition) is 3. The summed E-state index contributed by atoms with van der Waals surface area (Å²) in [6.07, 6.45) is 2.08. The first-order chi connectivity index (χ1) is 8.81. The Morgan fingerprint density at radius 3 is 2.39 bits per heavy atom. The van der Waals surface area contributed by atoms with Gasteiger partial charge in [0.2, 0.25) is 0 Å². The lowest BCUT2D eigenvalue weighted by molar-refractivity contribution is 0.124. The van der Waals surface area contributed by atoms with E-state index in [4.69, 9.17) is 9.47 Å². The first-order valence-corrected chi connectivity index (χ1v) is 6.76. The maximum absolute atomic E-state index is 5.56. The van der Waals surface area contributed by atoms with E-state index in [1.807, 2.05) is 12.1 Å². The van der Waals surface area contributed by atoms with Crippen molar-refractivity contribution < 1.29 is 9.47 Å². The minimum Gasteiger partial charge on any atom is -0.497 e. The quantitative estimate of drug-likeness (QED) is 0.684. The fourth-order valence-corrected chi connectivity index (χ4v) is 1.92. The Hall–Kier alpha value is -1.06. The van der Waals surface area contributed by atoms with Gasteiger partial charge in [-0.3, -0.25) is 0 Å². The molecule has 0 fully saturated rings. The molecule has 1 unspecified atom stereocenters. The van der Waals surface area contributed by atoms with Crippen molar-refractivity contribution in [1.82, 2.24) is 5.32 Å². The normalized spacial score (nSPS) is 12.4. The SMILES string of the molecule is CCCOCCC(NCC)c1ccc(OC)cc1. The van der Waals surface area contributed by atoms with Gasteiger partial charge in [-0.05, 0) is 37.1 Å². The number of rotatable bonds is 9. The van der Waals surface area contributed by atoms with E-state index < -0.39 is 0 Å². The average molecular weight is 251 g/mol. The van der Waals surface area contributed by atoms with Gasteiger partial charge in [-0.15, -0.1) is 0 Å². The van der Waals surface area contributed by atoms with Crippen LogP contribution < -0.4 is 10.1 Å². The Labute approximate surface area is 110 Å². The summed E-state index contributed by atoms with van der Waals surface area (Å²) in [4.78, 5) is 0. The molecule has 1 atom stereocenters. The summed E-state index contributed by atoms with van der Waals surface area (Å²) >= 11 is 0. The molecule has 1 N–H and O–H groups in total. The van der Waals surface area contributed by atoms with Crippen LogP contribution in [0.3, 0.4) is 0 Å². The van der Waals surface area contributed by atoms with Crippen LogP contribution in [0.2, 0.25) is 0 Å². The van der Waals surface area contributed by atoms with Crippen molar-refractivity contribution >= 4 is 0 Å². The molecule has 1 rings (SSSR count). The molecule has 0 bridgehead atoms. The summed E-state index contributed by atoms with van der Waals surface area (Å²) in [6, 6.07) is 8.61. The predicted octanol–water partition coefficient (Wildman–Crippen LogP) is 3.16. The van der Waals surface area contributed by atoms with E-state index in [9.17, 15) is 0 Å². The molecule has 1 aromatic carbocycles. The molecule has 0 saturated carbocycles. The third-order valence-electron chi connectivity index (χ3n) is 2.87. The van der Waals surface area contributed by atoms with Crippen LogP contribution in [0.1, 0.15) is 38.3 Å². The lowest BCUT2D eigenvalue weighted by Crippen LogP contribution is -2.22. The van der Waals surface area contributed by atoms with Crippen molar-refractivity contribution in [2.45, 2.75) is 32.7 Å². The third kappa shape index (κ3) is 5.07. The molecule has 3 nitrogen and oxygen atoms in total. The molecule has 3 heteroatoms. The summed E-state index contributed by atoms with van der Waals surface area (Å²) in [7, 11) is 1.69. The van der Waals surface area contributed by atoms with Gasteiger partial charge < -0.3 is 14.8 Å². The van der Waals surface area contributed by atoms with E-state index in [2.05, 4.69) is 31.3 Å². The summed E-state index contributed by atoms with van der Waals surface area (Å²) in [5, 5.41) is 3.49. The molecule has 0 amide bonds. The van der Waals surface area contributed by atoms with E-state index in [0.29, 0.717) is 6.04 Å². The van der Waals surface area contributed by atoms with Crippen molar-refractivity contribution in [3.63, 3.8) is 0 Å². The highest BCUT2D eigenvalue weighted by atomic mass is 16.5. The zero-order valence-corrected chi connectivity index (χ0v) is 11.7. The van der Waals surface area contributed by atoms with Crippen LogP contribution in [-0.4, -0.2) is 26.9 Å². The van der Waals surface area contributed by atoms with Gasteiger partial charge in [-0.25, -0.2) is 0 Å². The molecule has 102 valence electrons. The summed E-state index contributed by atoms with van der Waals surface area (Å²) in [5.74, 6) is 0.899. The molecular weight excluding hydrogens is 226 g/mol. The first kappa shape index (κ1) is 15.0. The molecule has 0 aromatic heterocycles. The van der Waals surface area contributed by atoms with Gasteiger partial charge in [0, 0.05) is 19.3 Å². The van der Waals surface area contributed by atoms with Crippen molar-refractivity contribution in [2.24, 2.45) is 0 Å². The maximum atomic E-state index is 5.56. The van der Waals surface area contributed by atoms with E-state index in [1.54, 1.807) is 7.11 Å². The monoisotopic (exact) mass is 251 g/mol. The highest BCUT2D eigenvalue weighted by Gasteiger charge is 2.09. The second-order valence-electron chi connectivity index (χ2n) is 4.28. The Kier molecular flexibility index (Phi) is 7.46. The largest absolute Gasteiger partial charge is 0.497 e. The van der Waals surface area contributed by atoms with E-state index in [0.717, 1.165) is 38.3 Å². The van der Waals surface area contributed by atoms with Gasteiger partial charge in [0.15, 0.2) is 0 Å². The van der Waals surface area contributed by atoms with Crippen LogP contribution in [0.25, 0.3) is 0 Å². The number of methoxy groups -OCH3 is 1. The predicted molar refractivity (Wildman–Crippen MR) is 75.1 cm³/mol. The van der Waals surface area contributed by atoms with E-state index in [1.165, 1.54) is 5.56 Å². The minimum absolute atomic E-state index is 0.359. The van der Waals surface area contributed by atoms with E-state index >= 15 is 0 Å². The third-order valence-corrected chi connectivity index (χ3v) is 2.87. The van der Waals surface area contributed by atoms with Crippen LogP contribution >= 0.6 is 0 Å². The van der Waals surface area contributed by atoms with Crippen LogP contribution in [0, 0.1) is 0 Å². The second kappa shape index (κ2) is 8.95. The molecule has 0 spiro atoms.